The first-order valence-electron chi connectivity index (χ1n) is 7.67. The van der Waals surface area contributed by atoms with E-state index in [1.54, 1.807) is 0 Å². The van der Waals surface area contributed by atoms with Crippen LogP contribution in [0.1, 0.15) is 46.5 Å². The molecule has 0 aliphatic rings. The fraction of sp³-hybridized carbons (Fsp3) is 0.625. The molecule has 3 N–H and O–H groups in total. The molecule has 0 heterocycles. The Morgan fingerprint density at radius 2 is 1.77 bits per heavy atom. The molecular formula is C16H30NO4P. The van der Waals surface area contributed by atoms with Crippen LogP contribution in [-0.4, -0.2) is 29.1 Å². The summed E-state index contributed by atoms with van der Waals surface area (Å²) in [5.74, 6) is 0. The van der Waals surface area contributed by atoms with Gasteiger partial charge in [-0.05, 0) is 46.5 Å². The van der Waals surface area contributed by atoms with Gasteiger partial charge < -0.3 is 9.79 Å². The number of allylic oxidation sites excluding steroid dienone is 5. The van der Waals surface area contributed by atoms with Crippen LogP contribution in [0.25, 0.3) is 0 Å². The van der Waals surface area contributed by atoms with Crippen molar-refractivity contribution in [3.05, 3.63) is 35.5 Å². The van der Waals surface area contributed by atoms with Crippen molar-refractivity contribution >= 4 is 7.60 Å². The molecule has 0 aliphatic carbocycles. The minimum atomic E-state index is -3.94. The van der Waals surface area contributed by atoms with Crippen molar-refractivity contribution in [3.63, 3.8) is 0 Å². The maximum absolute atomic E-state index is 10.6. The molecule has 22 heavy (non-hydrogen) atoms. The number of rotatable bonds is 12. The lowest BCUT2D eigenvalue weighted by Gasteiger charge is -2.06. The quantitative estimate of drug-likeness (QED) is 0.220. The predicted octanol–water partition coefficient (Wildman–Crippen LogP) is 3.71. The van der Waals surface area contributed by atoms with Crippen molar-refractivity contribution in [2.75, 3.05) is 19.3 Å². The lowest BCUT2D eigenvalue weighted by atomic mass is 10.1. The zero-order valence-corrected chi connectivity index (χ0v) is 14.8. The Morgan fingerprint density at radius 3 is 2.41 bits per heavy atom. The van der Waals surface area contributed by atoms with Crippen LogP contribution >= 0.6 is 7.60 Å². The Bertz CT molecular complexity index is 424. The second-order valence-electron chi connectivity index (χ2n) is 5.34. The van der Waals surface area contributed by atoms with Crippen LogP contribution in [0.15, 0.2) is 35.5 Å². The van der Waals surface area contributed by atoms with E-state index in [0.717, 1.165) is 25.7 Å². The molecule has 0 aromatic carbocycles. The first kappa shape index (κ1) is 21.3. The van der Waals surface area contributed by atoms with E-state index in [4.69, 9.17) is 14.6 Å². The number of nitrogens with one attached hydrogen (secondary N) is 1. The van der Waals surface area contributed by atoms with Gasteiger partial charge in [0.25, 0.3) is 0 Å². The number of hydrogen-bond acceptors (Lipinski definition) is 3. The Kier molecular flexibility index (Phi) is 12.4. The molecular weight excluding hydrogens is 301 g/mol. The van der Waals surface area contributed by atoms with Gasteiger partial charge in [-0.2, -0.15) is 0 Å². The largest absolute Gasteiger partial charge is 0.326 e. The summed E-state index contributed by atoms with van der Waals surface area (Å²) in [5.41, 5.74) is 5.21. The van der Waals surface area contributed by atoms with Gasteiger partial charge in [-0.15, -0.1) is 0 Å². The van der Waals surface area contributed by atoms with E-state index in [1.807, 2.05) is 13.0 Å². The zero-order valence-electron chi connectivity index (χ0n) is 13.9. The summed E-state index contributed by atoms with van der Waals surface area (Å²) in [7, 11) is -3.94. The van der Waals surface area contributed by atoms with Gasteiger partial charge in [0, 0.05) is 6.54 Å². The lowest BCUT2D eigenvalue weighted by Crippen LogP contribution is -2.19. The van der Waals surface area contributed by atoms with Crippen molar-refractivity contribution in [2.24, 2.45) is 0 Å². The molecule has 0 aliphatic heterocycles. The maximum Gasteiger partial charge on any atom is 0.326 e. The predicted molar refractivity (Wildman–Crippen MR) is 91.7 cm³/mol. The SMILES string of the molecule is CC=CCCC(C)=CCCC(C)=CCONCCP(=O)(O)O. The summed E-state index contributed by atoms with van der Waals surface area (Å²) in [4.78, 5) is 22.4. The van der Waals surface area contributed by atoms with E-state index in [-0.39, 0.29) is 12.7 Å². The summed E-state index contributed by atoms with van der Waals surface area (Å²) in [5, 5.41) is 0. The van der Waals surface area contributed by atoms with Gasteiger partial charge >= 0.3 is 7.60 Å². The van der Waals surface area contributed by atoms with Crippen LogP contribution in [0.2, 0.25) is 0 Å². The molecule has 0 fully saturated rings. The van der Waals surface area contributed by atoms with Crippen molar-refractivity contribution in [3.8, 4) is 0 Å². The van der Waals surface area contributed by atoms with E-state index in [9.17, 15) is 4.57 Å². The van der Waals surface area contributed by atoms with Crippen molar-refractivity contribution in [1.82, 2.24) is 5.48 Å². The second kappa shape index (κ2) is 12.8. The minimum absolute atomic E-state index is 0.144. The van der Waals surface area contributed by atoms with E-state index >= 15 is 0 Å². The third-order valence-electron chi connectivity index (χ3n) is 3.09. The maximum atomic E-state index is 10.6. The molecule has 0 saturated heterocycles. The van der Waals surface area contributed by atoms with Crippen LogP contribution in [0.5, 0.6) is 0 Å². The summed E-state index contributed by atoms with van der Waals surface area (Å²) in [6, 6.07) is 0. The van der Waals surface area contributed by atoms with Gasteiger partial charge in [0.1, 0.15) is 0 Å². The molecule has 0 spiro atoms. The number of hydroxylamine groups is 1. The molecule has 0 radical (unpaired) electrons. The van der Waals surface area contributed by atoms with E-state index in [0.29, 0.717) is 6.61 Å². The smallest absolute Gasteiger partial charge is 0.324 e. The average molecular weight is 331 g/mol. The van der Waals surface area contributed by atoms with Gasteiger partial charge in [-0.3, -0.25) is 9.40 Å². The summed E-state index contributed by atoms with van der Waals surface area (Å²) in [6.45, 7) is 6.80. The van der Waals surface area contributed by atoms with Crippen LogP contribution in [-0.2, 0) is 9.40 Å². The molecule has 6 heteroatoms. The highest BCUT2D eigenvalue weighted by Gasteiger charge is 2.10. The van der Waals surface area contributed by atoms with Crippen LogP contribution in [0.4, 0.5) is 0 Å². The van der Waals surface area contributed by atoms with Gasteiger partial charge in [0.05, 0.1) is 12.8 Å². The zero-order chi connectivity index (χ0) is 16.8. The molecule has 0 unspecified atom stereocenters. The summed E-state index contributed by atoms with van der Waals surface area (Å²) >= 11 is 0. The Hall–Kier alpha value is -0.710. The first-order chi connectivity index (χ1) is 10.3. The summed E-state index contributed by atoms with van der Waals surface area (Å²) in [6.07, 6.45) is 12.5. The third-order valence-corrected chi connectivity index (χ3v) is 3.90. The highest BCUT2D eigenvalue weighted by atomic mass is 31.2. The first-order valence-corrected chi connectivity index (χ1v) is 9.46. The van der Waals surface area contributed by atoms with Gasteiger partial charge in [0.15, 0.2) is 0 Å². The average Bonchev–Trinajstić information content (AvgIpc) is 2.42. The normalized spacial score (nSPS) is 14.0. The molecule has 0 amide bonds. The Labute approximate surface area is 134 Å². The van der Waals surface area contributed by atoms with Gasteiger partial charge in [-0.25, -0.2) is 5.48 Å². The Morgan fingerprint density at radius 1 is 1.14 bits per heavy atom. The molecule has 0 aromatic rings. The van der Waals surface area contributed by atoms with E-state index < -0.39 is 7.60 Å². The van der Waals surface area contributed by atoms with Gasteiger partial charge in [-0.1, -0.05) is 35.5 Å². The van der Waals surface area contributed by atoms with Gasteiger partial charge in [0.2, 0.25) is 0 Å². The molecule has 128 valence electrons. The third kappa shape index (κ3) is 15.7. The van der Waals surface area contributed by atoms with Crippen molar-refractivity contribution in [1.29, 1.82) is 0 Å². The Balaban J connectivity index is 3.72. The van der Waals surface area contributed by atoms with E-state index in [1.165, 1.54) is 11.1 Å². The summed E-state index contributed by atoms with van der Waals surface area (Å²) < 4.78 is 10.6. The van der Waals surface area contributed by atoms with E-state index in [2.05, 4.69) is 37.6 Å². The topological polar surface area (TPSA) is 78.8 Å². The number of hydrogen-bond donors (Lipinski definition) is 3. The monoisotopic (exact) mass is 331 g/mol. The fourth-order valence-electron chi connectivity index (χ4n) is 1.73. The van der Waals surface area contributed by atoms with Crippen LogP contribution < -0.4 is 5.48 Å². The van der Waals surface area contributed by atoms with Crippen LogP contribution in [0, 0.1) is 0 Å². The molecule has 0 rings (SSSR count). The lowest BCUT2D eigenvalue weighted by molar-refractivity contribution is 0.0657. The molecule has 0 saturated carbocycles. The standard InChI is InChI=1S/C16H30NO4P/c1-4-5-6-8-15(2)9-7-10-16(3)11-13-21-17-12-14-22(18,19)20/h4-5,9,11,17H,6-8,10,12-14H2,1-3H3,(H2,18,19,20). The molecule has 0 bridgehead atoms. The molecule has 5 nitrogen and oxygen atoms in total. The molecule has 0 aromatic heterocycles. The highest BCUT2D eigenvalue weighted by Crippen LogP contribution is 2.32. The van der Waals surface area contributed by atoms with Crippen molar-refractivity contribution in [2.45, 2.75) is 46.5 Å². The highest BCUT2D eigenvalue weighted by molar-refractivity contribution is 7.51. The van der Waals surface area contributed by atoms with Crippen molar-refractivity contribution < 1.29 is 19.2 Å². The fourth-order valence-corrected chi connectivity index (χ4v) is 2.12. The van der Waals surface area contributed by atoms with Crippen LogP contribution in [0.3, 0.4) is 0 Å². The molecule has 0 atom stereocenters. The minimum Gasteiger partial charge on any atom is -0.324 e. The second-order valence-corrected chi connectivity index (χ2v) is 7.12.